The van der Waals surface area contributed by atoms with Gasteiger partial charge in [-0.2, -0.15) is 23.4 Å². The fourth-order valence-electron chi connectivity index (χ4n) is 7.16. The van der Waals surface area contributed by atoms with E-state index in [-0.39, 0.29) is 73.4 Å². The van der Waals surface area contributed by atoms with Crippen LogP contribution in [0.4, 0.5) is 23.5 Å². The van der Waals surface area contributed by atoms with E-state index >= 15 is 0 Å². The molecule has 3 aromatic carbocycles. The number of aromatic nitrogens is 13. The molecule has 9 N–H and O–H groups in total. The number of nitrogens with zero attached hydrogens (tertiary/aromatic N) is 13. The molecule has 78 heavy (non-hydrogen) atoms. The first kappa shape index (κ1) is 59.5. The van der Waals surface area contributed by atoms with Gasteiger partial charge in [0.2, 0.25) is 37.9 Å². The van der Waals surface area contributed by atoms with E-state index in [1.807, 2.05) is 72.8 Å². The summed E-state index contributed by atoms with van der Waals surface area (Å²) in [5.41, 5.74) is 10.5. The van der Waals surface area contributed by atoms with Crippen molar-refractivity contribution in [3.8, 4) is 45.8 Å². The van der Waals surface area contributed by atoms with Crippen molar-refractivity contribution in [1.29, 1.82) is 0 Å². The molecular formula is C45H44CuN18O10S4. The summed E-state index contributed by atoms with van der Waals surface area (Å²) in [4.78, 5) is 59.4. The smallest absolute Gasteiger partial charge is 0.368 e. The average Bonchev–Trinajstić information content (AvgIpc) is 4.19. The zero-order chi connectivity index (χ0) is 53.1. The summed E-state index contributed by atoms with van der Waals surface area (Å²) < 4.78 is 79.6. The predicted molar refractivity (Wildman–Crippen MR) is 288 cm³/mol. The standard InChI is InChI=1S/C30H14N10.C12H17N7O8S3.CH5NO2S.2CH4.Cu/c1-3-9-17-15(7-1)23-33-25(17)37-29-22-20(12-6-14-32-22)28(40-29)36-24-16-8-2-4-10-18(16)26(34-24)38-30-21-19(11-5-13-31-21)27(35-23)39-30;1-29(21,22)15-5-4-14-11-17-10(13)18-12(19-11)16-8-6-7(30(23,24)25)2-3-9(8)28-27-26-20;1-5(2,3)4;;;/h1-14H;2-3,6,15,20H,4-5H2,1H3,(H,23,24,25)(H4,13,14,16,17,18,19);1H3,(H2,2,3,4);2*1H4;/q-2;;;;;+2. The van der Waals surface area contributed by atoms with Crippen molar-refractivity contribution in [3.05, 3.63) is 103 Å². The van der Waals surface area contributed by atoms with Crippen molar-refractivity contribution < 1.29 is 61.5 Å². The number of nitrogens with two attached hydrogens (primary N) is 2. The molecule has 33 heteroatoms. The predicted octanol–water partition coefficient (Wildman–Crippen LogP) is 4.93. The molecule has 11 rings (SSSR count). The Balaban J connectivity index is 0.000000233. The van der Waals surface area contributed by atoms with E-state index in [1.165, 1.54) is 6.07 Å². The molecule has 9 aromatic rings. The van der Waals surface area contributed by atoms with Crippen LogP contribution in [0.2, 0.25) is 0 Å². The van der Waals surface area contributed by atoms with Gasteiger partial charge in [-0.05, 0) is 64.0 Å². The van der Waals surface area contributed by atoms with Gasteiger partial charge in [0, 0.05) is 59.2 Å². The normalized spacial score (nSPS) is 11.5. The molecular weight excluding hydrogens is 1140 g/mol. The average molecular weight is 1190 g/mol. The zero-order valence-corrected chi connectivity index (χ0v) is 43.0. The number of benzene rings is 3. The molecule has 8 bridgehead atoms. The molecule has 0 saturated heterocycles. The van der Waals surface area contributed by atoms with Gasteiger partial charge in [-0.25, -0.2) is 41.9 Å². The fraction of sp³-hybridized carbons (Fsp3) is 0.133. The Bertz CT molecular complexity index is 3890. The Morgan fingerprint density at radius 2 is 1.08 bits per heavy atom. The number of nitrogen functional groups attached to an aromatic ring is 1. The van der Waals surface area contributed by atoms with Crippen LogP contribution in [0.1, 0.15) is 14.9 Å². The van der Waals surface area contributed by atoms with Gasteiger partial charge in [-0.1, -0.05) is 68.4 Å². The summed E-state index contributed by atoms with van der Waals surface area (Å²) >= 11 is 0.519. The van der Waals surface area contributed by atoms with Crippen LogP contribution in [0, 0.1) is 0 Å². The largest absolute Gasteiger partial charge is 2.00 e. The Hall–Kier alpha value is -7.79. The van der Waals surface area contributed by atoms with Gasteiger partial charge in [0.1, 0.15) is 23.0 Å². The minimum absolute atomic E-state index is 0. The Morgan fingerprint density at radius 1 is 0.615 bits per heavy atom. The van der Waals surface area contributed by atoms with E-state index in [0.29, 0.717) is 69.3 Å². The summed E-state index contributed by atoms with van der Waals surface area (Å²) in [5, 5.41) is 25.0. The van der Waals surface area contributed by atoms with E-state index in [0.717, 1.165) is 57.3 Å². The first-order valence-corrected chi connectivity index (χ1v) is 27.3. The molecule has 6 aromatic heterocycles. The van der Waals surface area contributed by atoms with Crippen LogP contribution in [0.15, 0.2) is 113 Å². The van der Waals surface area contributed by atoms with Crippen LogP contribution in [0.25, 0.3) is 89.9 Å². The van der Waals surface area contributed by atoms with Crippen molar-refractivity contribution in [1.82, 2.24) is 69.5 Å². The molecule has 28 nitrogen and oxygen atoms in total. The van der Waals surface area contributed by atoms with Crippen molar-refractivity contribution in [3.63, 3.8) is 0 Å². The maximum absolute atomic E-state index is 11.4. The number of sulfonamides is 2. The van der Waals surface area contributed by atoms with Crippen molar-refractivity contribution in [2.24, 2.45) is 5.14 Å². The topological polar surface area (TPSA) is 419 Å². The number of pyridine rings is 2. The molecule has 0 unspecified atom stereocenters. The molecule has 0 amide bonds. The number of hydrogen-bond acceptors (Lipinski definition) is 24. The number of primary sulfonamides is 1. The number of hydrogen-bond donors (Lipinski definition) is 7. The van der Waals surface area contributed by atoms with E-state index in [2.05, 4.69) is 54.8 Å². The summed E-state index contributed by atoms with van der Waals surface area (Å²) in [5.74, 6) is 1.52. The summed E-state index contributed by atoms with van der Waals surface area (Å²) in [7, 11) is -11.0. The minimum atomic E-state index is -4.52. The Kier molecular flexibility index (Phi) is 18.8. The first-order valence-electron chi connectivity index (χ1n) is 21.3. The van der Waals surface area contributed by atoms with E-state index < -0.39 is 35.1 Å². The van der Waals surface area contributed by atoms with Gasteiger partial charge >= 0.3 is 17.1 Å². The third-order valence-electron chi connectivity index (χ3n) is 10.1. The second-order valence-electron chi connectivity index (χ2n) is 15.6. The number of anilines is 4. The summed E-state index contributed by atoms with van der Waals surface area (Å²) in [6.07, 6.45) is 5.39. The Morgan fingerprint density at radius 3 is 1.53 bits per heavy atom. The van der Waals surface area contributed by atoms with Gasteiger partial charge in [0.25, 0.3) is 10.1 Å². The van der Waals surface area contributed by atoms with Crippen LogP contribution in [-0.4, -0.2) is 115 Å². The van der Waals surface area contributed by atoms with Crippen LogP contribution in [0.5, 0.6) is 0 Å². The van der Waals surface area contributed by atoms with E-state index in [4.69, 9.17) is 50.9 Å². The first-order chi connectivity index (χ1) is 35.8. The molecule has 0 spiro atoms. The third kappa shape index (κ3) is 14.2. The molecule has 0 saturated carbocycles. The minimum Gasteiger partial charge on any atom is -0.368 e. The third-order valence-corrected chi connectivity index (χ3v) is 12.4. The molecule has 0 atom stereocenters. The van der Waals surface area contributed by atoms with Gasteiger partial charge in [-0.15, -0.1) is 4.33 Å². The molecule has 1 radical (unpaired) electrons. The zero-order valence-electron chi connectivity index (χ0n) is 38.8. The van der Waals surface area contributed by atoms with Gasteiger partial charge in [-0.3, -0.25) is 14.5 Å². The van der Waals surface area contributed by atoms with Crippen LogP contribution in [0.3, 0.4) is 0 Å². The second kappa shape index (κ2) is 24.7. The number of nitrogens with one attached hydrogen (secondary N) is 3. The van der Waals surface area contributed by atoms with Crippen molar-refractivity contribution in [2.45, 2.75) is 24.6 Å². The van der Waals surface area contributed by atoms with Crippen molar-refractivity contribution >= 4 is 110 Å². The van der Waals surface area contributed by atoms with Gasteiger partial charge in [0.15, 0.2) is 0 Å². The molecule has 0 fully saturated rings. The number of rotatable bonds is 11. The van der Waals surface area contributed by atoms with Gasteiger partial charge in [0.05, 0.1) is 51.7 Å². The van der Waals surface area contributed by atoms with Gasteiger partial charge < -0.3 is 46.3 Å². The molecule has 8 heterocycles. The van der Waals surface area contributed by atoms with Crippen LogP contribution < -0.4 is 36.2 Å². The summed E-state index contributed by atoms with van der Waals surface area (Å²) in [6.45, 7) is 0.194. The van der Waals surface area contributed by atoms with Crippen LogP contribution in [-0.2, 0) is 56.6 Å². The van der Waals surface area contributed by atoms with E-state index in [1.54, 1.807) is 12.4 Å². The van der Waals surface area contributed by atoms with Crippen molar-refractivity contribution in [2.75, 3.05) is 42.0 Å². The summed E-state index contributed by atoms with van der Waals surface area (Å²) in [6, 6.07) is 26.7. The van der Waals surface area contributed by atoms with Crippen LogP contribution >= 0.6 is 12.0 Å². The Labute approximate surface area is 459 Å². The number of fused-ring (bicyclic) bond motifs is 20. The molecule has 0 aliphatic carbocycles. The SMILES string of the molecule is C.C.CS(=O)(=O)NCCNc1nc(N)nc(Nc2cc(S(=O)(=O)O)ccc2SOOO)n1.CS(N)(=O)=O.[Cu+2].c1cnc2c(c1)-c1nc-2nc2[n-]c(nc3nc(nc4[n-]c(n1)c1ccccc41)-c1ncccc1-3)c1ccccc21. The maximum Gasteiger partial charge on any atom is 2.00 e. The maximum atomic E-state index is 11.4. The fourth-order valence-corrected chi connectivity index (χ4v) is 8.57. The monoisotopic (exact) mass is 1190 g/mol. The second-order valence-corrected chi connectivity index (χ2v) is 21.3. The van der Waals surface area contributed by atoms with E-state index in [9.17, 15) is 29.8 Å². The molecule has 2 aliphatic heterocycles. The quantitative estimate of drug-likeness (QED) is 0.0225. The molecule has 2 aliphatic rings. The molecule has 409 valence electrons.